The average molecular weight is 304 g/mol. The third-order valence-electron chi connectivity index (χ3n) is 2.75. The molecular weight excluding hydrogens is 288 g/mol. The van der Waals surface area contributed by atoms with Crippen LogP contribution in [0.2, 0.25) is 0 Å². The minimum Gasteiger partial charge on any atom is -0.497 e. The number of rotatable bonds is 7. The predicted molar refractivity (Wildman–Crippen MR) is 79.7 cm³/mol. The molecule has 21 heavy (non-hydrogen) atoms. The van der Waals surface area contributed by atoms with E-state index in [1.165, 1.54) is 11.3 Å². The van der Waals surface area contributed by atoms with E-state index in [0.29, 0.717) is 30.2 Å². The molecule has 1 heterocycles. The van der Waals surface area contributed by atoms with Crippen molar-refractivity contribution >= 4 is 11.3 Å². The normalized spacial score (nSPS) is 10.1. The maximum Gasteiger partial charge on any atom is 0.130 e. The second-order valence-electron chi connectivity index (χ2n) is 4.21. The lowest BCUT2D eigenvalue weighted by atomic mass is 10.3. The number of nitrogens with zero attached hydrogens (tertiary/aromatic N) is 2. The van der Waals surface area contributed by atoms with Crippen molar-refractivity contribution < 1.29 is 14.2 Å². The summed E-state index contributed by atoms with van der Waals surface area (Å²) < 4.78 is 15.8. The van der Waals surface area contributed by atoms with Gasteiger partial charge in [-0.1, -0.05) is 6.07 Å². The van der Waals surface area contributed by atoms with Crippen LogP contribution in [0.15, 0.2) is 24.3 Å². The van der Waals surface area contributed by atoms with Gasteiger partial charge in [0.25, 0.3) is 0 Å². The molecule has 2 aromatic rings. The first-order valence-electron chi connectivity index (χ1n) is 6.41. The van der Waals surface area contributed by atoms with Crippen LogP contribution in [0.3, 0.4) is 0 Å². The summed E-state index contributed by atoms with van der Waals surface area (Å²) >= 11 is 1.39. The summed E-state index contributed by atoms with van der Waals surface area (Å²) in [4.78, 5) is 5.01. The van der Waals surface area contributed by atoms with Gasteiger partial charge in [-0.15, -0.1) is 11.3 Å². The Morgan fingerprint density at radius 1 is 1.29 bits per heavy atom. The van der Waals surface area contributed by atoms with Crippen molar-refractivity contribution in [3.8, 4) is 17.6 Å². The van der Waals surface area contributed by atoms with E-state index < -0.39 is 0 Å². The maximum atomic E-state index is 9.04. The van der Waals surface area contributed by atoms with Gasteiger partial charge in [-0.3, -0.25) is 0 Å². The average Bonchev–Trinajstić information content (AvgIpc) is 2.90. The first-order chi connectivity index (χ1) is 10.3. The molecule has 1 aromatic heterocycles. The van der Waals surface area contributed by atoms with Crippen LogP contribution in [0, 0.1) is 11.3 Å². The summed E-state index contributed by atoms with van der Waals surface area (Å²) in [6.45, 7) is 0.855. The highest BCUT2D eigenvalue weighted by molar-refractivity contribution is 7.12. The van der Waals surface area contributed by atoms with Crippen molar-refractivity contribution in [2.24, 2.45) is 0 Å². The number of aromatic nitrogens is 1. The smallest absolute Gasteiger partial charge is 0.130 e. The fraction of sp³-hybridized carbons (Fsp3) is 0.333. The Balaban J connectivity index is 1.92. The molecule has 0 amide bonds. The van der Waals surface area contributed by atoms with Gasteiger partial charge in [-0.2, -0.15) is 5.26 Å². The number of methoxy groups -OCH3 is 2. The second-order valence-corrected chi connectivity index (χ2v) is 5.29. The molecular formula is C15H16N2O3S. The summed E-state index contributed by atoms with van der Waals surface area (Å²) in [5.74, 6) is 1.51. The Labute approximate surface area is 127 Å². The van der Waals surface area contributed by atoms with Gasteiger partial charge in [0.1, 0.15) is 22.4 Å². The van der Waals surface area contributed by atoms with Crippen molar-refractivity contribution in [1.82, 2.24) is 4.98 Å². The van der Waals surface area contributed by atoms with Crippen molar-refractivity contribution in [1.29, 1.82) is 5.26 Å². The molecule has 0 spiro atoms. The van der Waals surface area contributed by atoms with Gasteiger partial charge in [0.2, 0.25) is 0 Å². The number of hydrogen-bond acceptors (Lipinski definition) is 6. The maximum absolute atomic E-state index is 9.04. The van der Waals surface area contributed by atoms with Crippen LogP contribution in [-0.4, -0.2) is 25.8 Å². The van der Waals surface area contributed by atoms with E-state index in [-0.39, 0.29) is 0 Å². The van der Waals surface area contributed by atoms with Gasteiger partial charge in [0.15, 0.2) is 0 Å². The molecule has 5 nitrogen and oxygen atoms in total. The lowest BCUT2D eigenvalue weighted by molar-refractivity contribution is 0.181. The summed E-state index contributed by atoms with van der Waals surface area (Å²) in [5.41, 5.74) is 0.696. The monoisotopic (exact) mass is 304 g/mol. The van der Waals surface area contributed by atoms with Crippen molar-refractivity contribution in [2.75, 3.05) is 20.8 Å². The fourth-order valence-electron chi connectivity index (χ4n) is 1.78. The Morgan fingerprint density at radius 3 is 2.81 bits per heavy atom. The highest BCUT2D eigenvalue weighted by atomic mass is 32.1. The van der Waals surface area contributed by atoms with Crippen molar-refractivity contribution in [2.45, 2.75) is 13.0 Å². The minimum absolute atomic E-state index is 0.357. The van der Waals surface area contributed by atoms with Crippen LogP contribution in [0.4, 0.5) is 0 Å². The highest BCUT2D eigenvalue weighted by Crippen LogP contribution is 2.21. The summed E-state index contributed by atoms with van der Waals surface area (Å²) in [7, 11) is 3.21. The second kappa shape index (κ2) is 7.62. The molecule has 0 bridgehead atoms. The van der Waals surface area contributed by atoms with Gasteiger partial charge >= 0.3 is 0 Å². The van der Waals surface area contributed by atoms with Crippen LogP contribution >= 0.6 is 11.3 Å². The van der Waals surface area contributed by atoms with E-state index in [0.717, 1.165) is 16.5 Å². The highest BCUT2D eigenvalue weighted by Gasteiger charge is 2.10. The zero-order valence-electron chi connectivity index (χ0n) is 12.0. The van der Waals surface area contributed by atoms with E-state index in [1.807, 2.05) is 24.3 Å². The molecule has 0 saturated heterocycles. The molecule has 110 valence electrons. The summed E-state index contributed by atoms with van der Waals surface area (Å²) in [5, 5.41) is 9.92. The molecule has 1 aromatic carbocycles. The van der Waals surface area contributed by atoms with Gasteiger partial charge in [0.05, 0.1) is 31.0 Å². The molecule has 0 atom stereocenters. The zero-order valence-corrected chi connectivity index (χ0v) is 12.8. The topological polar surface area (TPSA) is 64.4 Å². The number of nitriles is 1. The van der Waals surface area contributed by atoms with Crippen LogP contribution in [0.1, 0.15) is 15.6 Å². The summed E-state index contributed by atoms with van der Waals surface area (Å²) in [6.07, 6.45) is 0.653. The van der Waals surface area contributed by atoms with E-state index in [1.54, 1.807) is 14.2 Å². The Bertz CT molecular complexity index is 634. The van der Waals surface area contributed by atoms with E-state index >= 15 is 0 Å². The standard InChI is InChI=1S/C15H16N2O3S/c1-18-10-13-14(9-16)21-15(17-13)6-7-20-12-5-3-4-11(8-12)19-2/h3-5,8H,6-7,10H2,1-2H3. The van der Waals surface area contributed by atoms with Gasteiger partial charge in [-0.05, 0) is 12.1 Å². The molecule has 0 unspecified atom stereocenters. The molecule has 0 aliphatic rings. The van der Waals surface area contributed by atoms with Crippen LogP contribution < -0.4 is 9.47 Å². The lowest BCUT2D eigenvalue weighted by Crippen LogP contribution is -2.01. The van der Waals surface area contributed by atoms with E-state index in [2.05, 4.69) is 11.1 Å². The molecule has 6 heteroatoms. The van der Waals surface area contributed by atoms with Crippen molar-refractivity contribution in [3.63, 3.8) is 0 Å². The molecule has 0 fully saturated rings. The molecule has 0 aliphatic carbocycles. The lowest BCUT2D eigenvalue weighted by Gasteiger charge is -2.06. The quantitative estimate of drug-likeness (QED) is 0.787. The number of benzene rings is 1. The summed E-state index contributed by atoms with van der Waals surface area (Å²) in [6, 6.07) is 9.59. The third-order valence-corrected chi connectivity index (χ3v) is 3.81. The van der Waals surface area contributed by atoms with E-state index in [4.69, 9.17) is 19.5 Å². The molecule has 2 rings (SSSR count). The Morgan fingerprint density at radius 2 is 2.10 bits per heavy atom. The van der Waals surface area contributed by atoms with Crippen LogP contribution in [-0.2, 0) is 17.8 Å². The number of ether oxygens (including phenoxy) is 3. The number of thiazole rings is 1. The molecule has 0 aliphatic heterocycles. The SMILES string of the molecule is COCc1nc(CCOc2cccc(OC)c2)sc1C#N. The minimum atomic E-state index is 0.357. The van der Waals surface area contributed by atoms with Crippen LogP contribution in [0.25, 0.3) is 0 Å². The first kappa shape index (κ1) is 15.3. The van der Waals surface area contributed by atoms with Crippen LogP contribution in [0.5, 0.6) is 11.5 Å². The van der Waals surface area contributed by atoms with Crippen molar-refractivity contribution in [3.05, 3.63) is 39.8 Å². The van der Waals surface area contributed by atoms with Gasteiger partial charge in [-0.25, -0.2) is 4.98 Å². The molecule has 0 N–H and O–H groups in total. The first-order valence-corrected chi connectivity index (χ1v) is 7.23. The zero-order chi connectivity index (χ0) is 15.1. The molecule has 0 radical (unpaired) electrons. The Hall–Kier alpha value is -2.10. The largest absolute Gasteiger partial charge is 0.497 e. The van der Waals surface area contributed by atoms with E-state index in [9.17, 15) is 0 Å². The van der Waals surface area contributed by atoms with Gasteiger partial charge < -0.3 is 14.2 Å². The predicted octanol–water partition coefficient (Wildman–Crippen LogP) is 2.79. The van der Waals surface area contributed by atoms with Gasteiger partial charge in [0, 0.05) is 19.6 Å². The Kier molecular flexibility index (Phi) is 5.55. The fourth-order valence-corrected chi connectivity index (χ4v) is 2.62. The molecule has 0 saturated carbocycles. The third kappa shape index (κ3) is 4.18. The number of hydrogen-bond donors (Lipinski definition) is 0.